The number of nitrogens with one attached hydrogen (secondary N) is 1. The van der Waals surface area contributed by atoms with Gasteiger partial charge in [0, 0.05) is 17.7 Å². The van der Waals surface area contributed by atoms with Crippen molar-refractivity contribution in [3.63, 3.8) is 0 Å². The molecule has 0 saturated carbocycles. The van der Waals surface area contributed by atoms with Crippen LogP contribution in [0.1, 0.15) is 18.4 Å². The number of hydrazone groups is 1. The Morgan fingerprint density at radius 1 is 1.19 bits per heavy atom. The Balaban J connectivity index is 2.04. The molecule has 0 aliphatic carbocycles. The molecule has 2 rings (SSSR count). The van der Waals surface area contributed by atoms with Crippen molar-refractivity contribution in [2.24, 2.45) is 5.10 Å². The normalized spacial score (nSPS) is 16.1. The van der Waals surface area contributed by atoms with Crippen molar-refractivity contribution in [2.75, 3.05) is 0 Å². The van der Waals surface area contributed by atoms with Crippen molar-refractivity contribution in [1.82, 2.24) is 5.43 Å². The van der Waals surface area contributed by atoms with Gasteiger partial charge in [-0.05, 0) is 23.8 Å². The Kier molecular flexibility index (Phi) is 3.41. The molecule has 1 N–H and O–H groups in total. The molecule has 0 atom stereocenters. The first-order chi connectivity index (χ1) is 7.74. The van der Waals surface area contributed by atoms with E-state index in [1.807, 2.05) is 36.4 Å². The number of benzene rings is 1. The number of carbonyl (C=O) groups excluding carboxylic acids is 1. The lowest BCUT2D eigenvalue weighted by Crippen LogP contribution is -2.24. The number of carbonyl (C=O) groups is 1. The molecule has 0 saturated heterocycles. The third-order valence-electron chi connectivity index (χ3n) is 2.29. The van der Waals surface area contributed by atoms with Gasteiger partial charge in [-0.2, -0.15) is 5.10 Å². The summed E-state index contributed by atoms with van der Waals surface area (Å²) in [5.41, 5.74) is 4.46. The number of thiol groups is 1. The van der Waals surface area contributed by atoms with E-state index in [1.54, 1.807) is 0 Å². The molecule has 0 spiro atoms. The fourth-order valence-corrected chi connectivity index (χ4v) is 1.54. The first kappa shape index (κ1) is 11.0. The minimum atomic E-state index is -0.0171. The maximum Gasteiger partial charge on any atom is 0.240 e. The Labute approximate surface area is 99.7 Å². The SMILES string of the molecule is O=C1CCC(C=Cc2ccc(S)cc2)=NN1. The quantitative estimate of drug-likeness (QED) is 0.754. The number of hydrogen-bond acceptors (Lipinski definition) is 3. The highest BCUT2D eigenvalue weighted by atomic mass is 32.1. The Hall–Kier alpha value is -1.55. The zero-order valence-electron chi connectivity index (χ0n) is 8.68. The molecule has 3 nitrogen and oxygen atoms in total. The molecule has 82 valence electrons. The van der Waals surface area contributed by atoms with Gasteiger partial charge < -0.3 is 0 Å². The van der Waals surface area contributed by atoms with Crippen LogP contribution in [0.15, 0.2) is 40.3 Å². The molecule has 0 radical (unpaired) electrons. The van der Waals surface area contributed by atoms with Crippen molar-refractivity contribution in [2.45, 2.75) is 17.7 Å². The smallest absolute Gasteiger partial charge is 0.240 e. The maximum atomic E-state index is 10.9. The molecular weight excluding hydrogens is 220 g/mol. The summed E-state index contributed by atoms with van der Waals surface area (Å²) >= 11 is 4.22. The van der Waals surface area contributed by atoms with Gasteiger partial charge in [0.1, 0.15) is 0 Å². The van der Waals surface area contributed by atoms with Gasteiger partial charge in [-0.15, -0.1) is 12.6 Å². The zero-order valence-corrected chi connectivity index (χ0v) is 9.58. The van der Waals surface area contributed by atoms with Crippen LogP contribution in [0.4, 0.5) is 0 Å². The van der Waals surface area contributed by atoms with Crippen LogP contribution in [-0.4, -0.2) is 11.6 Å². The average molecular weight is 232 g/mol. The molecule has 1 aromatic rings. The second kappa shape index (κ2) is 4.99. The van der Waals surface area contributed by atoms with Crippen LogP contribution in [0.3, 0.4) is 0 Å². The molecule has 1 heterocycles. The summed E-state index contributed by atoms with van der Waals surface area (Å²) < 4.78 is 0. The van der Waals surface area contributed by atoms with E-state index in [2.05, 4.69) is 23.2 Å². The van der Waals surface area contributed by atoms with Gasteiger partial charge in [0.15, 0.2) is 0 Å². The first-order valence-corrected chi connectivity index (χ1v) is 5.51. The lowest BCUT2D eigenvalue weighted by Gasteiger charge is -2.07. The molecule has 1 aliphatic heterocycles. The minimum absolute atomic E-state index is 0.0171. The first-order valence-electron chi connectivity index (χ1n) is 5.06. The minimum Gasteiger partial charge on any atom is -0.273 e. The van der Waals surface area contributed by atoms with Crippen LogP contribution in [0, 0.1) is 0 Å². The van der Waals surface area contributed by atoms with Crippen LogP contribution in [0.5, 0.6) is 0 Å². The summed E-state index contributed by atoms with van der Waals surface area (Å²) in [7, 11) is 0. The number of allylic oxidation sites excluding steroid dienone is 1. The van der Waals surface area contributed by atoms with E-state index < -0.39 is 0 Å². The van der Waals surface area contributed by atoms with E-state index in [0.717, 1.165) is 16.2 Å². The van der Waals surface area contributed by atoms with Crippen molar-refractivity contribution >= 4 is 30.3 Å². The second-order valence-corrected chi connectivity index (χ2v) is 4.08. The van der Waals surface area contributed by atoms with Gasteiger partial charge in [-0.25, -0.2) is 5.43 Å². The topological polar surface area (TPSA) is 41.5 Å². The van der Waals surface area contributed by atoms with Gasteiger partial charge in [-0.3, -0.25) is 4.79 Å². The highest BCUT2D eigenvalue weighted by Crippen LogP contribution is 2.10. The highest BCUT2D eigenvalue weighted by Gasteiger charge is 2.08. The number of rotatable bonds is 2. The van der Waals surface area contributed by atoms with Crippen molar-refractivity contribution in [1.29, 1.82) is 0 Å². The predicted molar refractivity (Wildman–Crippen MR) is 67.5 cm³/mol. The lowest BCUT2D eigenvalue weighted by atomic mass is 10.1. The Bertz CT molecular complexity index is 449. The van der Waals surface area contributed by atoms with Crippen LogP contribution < -0.4 is 5.43 Å². The summed E-state index contributed by atoms with van der Waals surface area (Å²) in [4.78, 5) is 11.8. The van der Waals surface area contributed by atoms with E-state index in [0.29, 0.717) is 12.8 Å². The monoisotopic (exact) mass is 232 g/mol. The Morgan fingerprint density at radius 3 is 2.56 bits per heavy atom. The third kappa shape index (κ3) is 2.97. The number of hydrogen-bond donors (Lipinski definition) is 2. The Morgan fingerprint density at radius 2 is 1.94 bits per heavy atom. The summed E-state index contributed by atoms with van der Waals surface area (Å²) in [5.74, 6) is -0.0171. The van der Waals surface area contributed by atoms with Gasteiger partial charge >= 0.3 is 0 Å². The van der Waals surface area contributed by atoms with Crippen molar-refractivity contribution < 1.29 is 4.79 Å². The largest absolute Gasteiger partial charge is 0.273 e. The number of amides is 1. The van der Waals surface area contributed by atoms with Crippen molar-refractivity contribution in [3.8, 4) is 0 Å². The van der Waals surface area contributed by atoms with E-state index >= 15 is 0 Å². The zero-order chi connectivity index (χ0) is 11.4. The molecular formula is C12H12N2OS. The molecule has 0 aromatic heterocycles. The summed E-state index contributed by atoms with van der Waals surface area (Å²) in [6.45, 7) is 0. The lowest BCUT2D eigenvalue weighted by molar-refractivity contribution is -0.121. The van der Waals surface area contributed by atoms with E-state index in [1.165, 1.54) is 0 Å². The van der Waals surface area contributed by atoms with E-state index in [-0.39, 0.29) is 5.91 Å². The standard InChI is InChI=1S/C12H12N2OS/c15-12-8-5-10(13-14-12)4-1-9-2-6-11(16)7-3-9/h1-4,6-7,16H,5,8H2,(H,14,15). The van der Waals surface area contributed by atoms with Crippen LogP contribution in [-0.2, 0) is 4.79 Å². The highest BCUT2D eigenvalue weighted by molar-refractivity contribution is 7.80. The van der Waals surface area contributed by atoms with Gasteiger partial charge in [0.25, 0.3) is 0 Å². The fraction of sp³-hybridized carbons (Fsp3) is 0.167. The van der Waals surface area contributed by atoms with Crippen LogP contribution >= 0.6 is 12.6 Å². The summed E-state index contributed by atoms with van der Waals surface area (Å²) in [6.07, 6.45) is 5.11. The van der Waals surface area contributed by atoms with Crippen LogP contribution in [0.2, 0.25) is 0 Å². The molecule has 0 unspecified atom stereocenters. The molecule has 1 amide bonds. The van der Waals surface area contributed by atoms with Gasteiger partial charge in [0.05, 0.1) is 5.71 Å². The van der Waals surface area contributed by atoms with Crippen molar-refractivity contribution in [3.05, 3.63) is 35.9 Å². The average Bonchev–Trinajstić information content (AvgIpc) is 2.30. The van der Waals surface area contributed by atoms with E-state index in [9.17, 15) is 4.79 Å². The summed E-state index contributed by atoms with van der Waals surface area (Å²) in [5, 5.41) is 3.96. The second-order valence-electron chi connectivity index (χ2n) is 3.56. The number of nitrogens with zero attached hydrogens (tertiary/aromatic N) is 1. The molecule has 0 bridgehead atoms. The summed E-state index contributed by atoms with van der Waals surface area (Å²) in [6, 6.07) is 7.85. The molecule has 1 aromatic carbocycles. The molecule has 16 heavy (non-hydrogen) atoms. The molecule has 0 fully saturated rings. The molecule has 4 heteroatoms. The van der Waals surface area contributed by atoms with Gasteiger partial charge in [0.2, 0.25) is 5.91 Å². The fourth-order valence-electron chi connectivity index (χ4n) is 1.39. The third-order valence-corrected chi connectivity index (χ3v) is 2.59. The van der Waals surface area contributed by atoms with Gasteiger partial charge in [-0.1, -0.05) is 18.2 Å². The maximum absolute atomic E-state index is 10.9. The van der Waals surface area contributed by atoms with E-state index in [4.69, 9.17) is 0 Å². The van der Waals surface area contributed by atoms with Crippen LogP contribution in [0.25, 0.3) is 6.08 Å². The predicted octanol–water partition coefficient (Wildman–Crippen LogP) is 2.25. The molecule has 1 aliphatic rings.